The molecule has 0 aromatic rings. The van der Waals surface area contributed by atoms with E-state index in [-0.39, 0.29) is 48.0 Å². The summed E-state index contributed by atoms with van der Waals surface area (Å²) in [5.41, 5.74) is 0. The number of rotatable bonds is 85. The highest BCUT2D eigenvalue weighted by Gasteiger charge is 2.22. The van der Waals surface area contributed by atoms with E-state index in [0.29, 0.717) is 94.5 Å². The predicted molar refractivity (Wildman–Crippen MR) is 481 cm³/mol. The number of esters is 6. The predicted octanol–water partition coefficient (Wildman–Crippen LogP) is 27.6. The molecule has 0 bridgehead atoms. The fourth-order valence-electron chi connectivity index (χ4n) is 15.8. The van der Waals surface area contributed by atoms with Gasteiger partial charge in [-0.1, -0.05) is 316 Å². The van der Waals surface area contributed by atoms with E-state index in [1.165, 1.54) is 161 Å². The number of allylic oxidation sites excluding steroid dienone is 4. The third-order valence-electron chi connectivity index (χ3n) is 23.3. The molecule has 0 aromatic heterocycles. The van der Waals surface area contributed by atoms with Crippen LogP contribution in [0.15, 0.2) is 48.6 Å². The Balaban J connectivity index is 4.85. The Morgan fingerprint density at radius 2 is 0.570 bits per heavy atom. The molecule has 0 rings (SSSR count). The molecule has 114 heavy (non-hydrogen) atoms. The molecule has 0 radical (unpaired) electrons. The van der Waals surface area contributed by atoms with Crippen LogP contribution in [0.2, 0.25) is 0 Å². The summed E-state index contributed by atoms with van der Waals surface area (Å²) in [4.78, 5) is 80.4. The van der Waals surface area contributed by atoms with E-state index in [4.69, 9.17) is 28.4 Å². The fourth-order valence-corrected chi connectivity index (χ4v) is 15.8. The molecular formula is C100H184N2O12. The number of unbranched alkanes of at least 4 members (excludes halogenated alkanes) is 25. The van der Waals surface area contributed by atoms with Gasteiger partial charge >= 0.3 is 35.8 Å². The monoisotopic (exact) mass is 1610 g/mol. The normalized spacial score (nSPS) is 13.6. The molecule has 0 aliphatic heterocycles. The zero-order valence-electron chi connectivity index (χ0n) is 76.7. The summed E-state index contributed by atoms with van der Waals surface area (Å²) in [7, 11) is 8.11. The molecule has 14 nitrogen and oxygen atoms in total. The lowest BCUT2D eigenvalue weighted by atomic mass is 9.78. The number of ether oxygens (including phenoxy) is 6. The van der Waals surface area contributed by atoms with Crippen molar-refractivity contribution in [3.05, 3.63) is 48.6 Å². The molecular weight excluding hydrogens is 1420 g/mol. The van der Waals surface area contributed by atoms with Gasteiger partial charge in [0.05, 0.1) is 0 Å². The molecule has 0 saturated carbocycles. The number of nitrogens with zero attached hydrogens (tertiary/aromatic N) is 2. The average molecular weight is 1610 g/mol. The van der Waals surface area contributed by atoms with Crippen LogP contribution in [0, 0.1) is 35.5 Å². The van der Waals surface area contributed by atoms with Gasteiger partial charge in [0.25, 0.3) is 0 Å². The lowest BCUT2D eigenvalue weighted by Gasteiger charge is -2.27. The van der Waals surface area contributed by atoms with Crippen LogP contribution >= 0.6 is 0 Å². The van der Waals surface area contributed by atoms with Gasteiger partial charge in [-0.25, -0.2) is 0 Å². The molecule has 0 spiro atoms. The third kappa shape index (κ3) is 74.0. The van der Waals surface area contributed by atoms with Gasteiger partial charge in [-0.2, -0.15) is 0 Å². The van der Waals surface area contributed by atoms with Gasteiger partial charge < -0.3 is 38.2 Å². The van der Waals surface area contributed by atoms with Gasteiger partial charge in [-0.15, -0.1) is 0 Å². The lowest BCUT2D eigenvalue weighted by molar-refractivity contribution is -0.151. The maximum atomic E-state index is 12.9. The summed E-state index contributed by atoms with van der Waals surface area (Å²) in [6, 6.07) is 0. The van der Waals surface area contributed by atoms with Gasteiger partial charge in [0.15, 0.2) is 0 Å². The maximum absolute atomic E-state index is 12.9. The van der Waals surface area contributed by atoms with Crippen LogP contribution in [0.4, 0.5) is 0 Å². The molecule has 0 heterocycles. The van der Waals surface area contributed by atoms with Crippen molar-refractivity contribution in [1.29, 1.82) is 0 Å². The van der Waals surface area contributed by atoms with E-state index >= 15 is 0 Å². The van der Waals surface area contributed by atoms with Crippen molar-refractivity contribution in [2.45, 2.75) is 453 Å². The van der Waals surface area contributed by atoms with Gasteiger partial charge in [0.2, 0.25) is 0 Å². The maximum Gasteiger partial charge on any atom is 0.306 e. The molecule has 0 N–H and O–H groups in total. The molecule has 0 aromatic carbocycles. The Kier molecular flexibility index (Phi) is 79.3. The second-order valence-corrected chi connectivity index (χ2v) is 34.7. The van der Waals surface area contributed by atoms with E-state index < -0.39 is 0 Å². The minimum Gasteiger partial charge on any atom is -0.462 e. The fraction of sp³-hybridized carbons (Fsp3) is 0.860. The molecule has 6 atom stereocenters. The Labute approximate surface area is 703 Å². The average Bonchev–Trinajstić information content (AvgIpc) is 0.912. The van der Waals surface area contributed by atoms with Gasteiger partial charge in [0.1, 0.15) is 38.6 Å². The number of hydrogen-bond acceptors (Lipinski definition) is 14. The van der Waals surface area contributed by atoms with Crippen LogP contribution in [0.3, 0.4) is 0 Å². The molecule has 0 aliphatic rings. The van der Waals surface area contributed by atoms with E-state index in [1.54, 1.807) is 0 Å². The quantitative estimate of drug-likeness (QED) is 0.0244. The van der Waals surface area contributed by atoms with Crippen LogP contribution in [0.25, 0.3) is 0 Å². The largest absolute Gasteiger partial charge is 0.462 e. The zero-order chi connectivity index (χ0) is 83.8. The zero-order valence-corrected chi connectivity index (χ0v) is 76.7. The SMILES string of the molecule is CCCCCC(C=CCOC(=O)CCCCCCCC(CCCCCCCC(=O)OCC=CC(CCCCC)CCCC(C)C(CC)CC(CC=CCOC(=O)CCCCCCCC(CCCCCCCC(=O)OCC=CCC(CCCC)CCCC)OC(=O)CCCN(C)C)CCCC)OC(=O)CCCN(C)C)CCCCC. The number of carbonyl (C=O) groups excluding carboxylic acids is 6. The highest BCUT2D eigenvalue weighted by molar-refractivity contribution is 5.71. The second kappa shape index (κ2) is 82.4. The van der Waals surface area contributed by atoms with Gasteiger partial charge in [-0.05, 0) is 212 Å². The summed E-state index contributed by atoms with van der Waals surface area (Å²) in [5, 5.41) is 0. The van der Waals surface area contributed by atoms with Crippen molar-refractivity contribution >= 4 is 35.8 Å². The van der Waals surface area contributed by atoms with Crippen molar-refractivity contribution in [1.82, 2.24) is 9.80 Å². The van der Waals surface area contributed by atoms with Crippen LogP contribution in [0.1, 0.15) is 441 Å². The Bertz CT molecular complexity index is 2320. The van der Waals surface area contributed by atoms with Crippen molar-refractivity contribution in [3.63, 3.8) is 0 Å². The third-order valence-corrected chi connectivity index (χ3v) is 23.3. The molecule has 0 saturated heterocycles. The van der Waals surface area contributed by atoms with Crippen LogP contribution in [0.5, 0.6) is 0 Å². The van der Waals surface area contributed by atoms with E-state index in [2.05, 4.69) is 108 Å². The molecule has 666 valence electrons. The first-order valence-electron chi connectivity index (χ1n) is 48.4. The number of hydrogen-bond donors (Lipinski definition) is 0. The summed E-state index contributed by atoms with van der Waals surface area (Å²) >= 11 is 0. The van der Waals surface area contributed by atoms with Crippen LogP contribution in [-0.4, -0.2) is 126 Å². The van der Waals surface area contributed by atoms with E-state index in [9.17, 15) is 28.8 Å². The van der Waals surface area contributed by atoms with Crippen molar-refractivity contribution in [2.24, 2.45) is 35.5 Å². The topological polar surface area (TPSA) is 164 Å². The molecule has 6 unspecified atom stereocenters. The first-order valence-corrected chi connectivity index (χ1v) is 48.4. The summed E-state index contributed by atoms with van der Waals surface area (Å²) in [6.45, 7) is 21.5. The van der Waals surface area contributed by atoms with Crippen molar-refractivity contribution in [2.75, 3.05) is 67.7 Å². The van der Waals surface area contributed by atoms with Gasteiger partial charge in [-0.3, -0.25) is 28.8 Å². The van der Waals surface area contributed by atoms with Crippen LogP contribution in [-0.2, 0) is 57.2 Å². The number of carbonyl (C=O) groups is 6. The Morgan fingerprint density at radius 3 is 0.904 bits per heavy atom. The summed E-state index contributed by atoms with van der Waals surface area (Å²) < 4.78 is 34.6. The highest BCUT2D eigenvalue weighted by Crippen LogP contribution is 2.33. The van der Waals surface area contributed by atoms with Gasteiger partial charge in [0, 0.05) is 38.5 Å². The first-order chi connectivity index (χ1) is 55.4. The smallest absolute Gasteiger partial charge is 0.306 e. The summed E-state index contributed by atoms with van der Waals surface area (Å²) in [5.74, 6) is 3.12. The van der Waals surface area contributed by atoms with E-state index in [0.717, 1.165) is 205 Å². The highest BCUT2D eigenvalue weighted by atomic mass is 16.6. The van der Waals surface area contributed by atoms with Crippen LogP contribution < -0.4 is 0 Å². The minimum atomic E-state index is -0.122. The molecule has 14 heteroatoms. The van der Waals surface area contributed by atoms with Crippen molar-refractivity contribution in [3.8, 4) is 0 Å². The molecule has 0 aliphatic carbocycles. The standard InChI is InChI=1S/C100H184N2O12/c1-13-20-38-62-89(63-39-21-14-2)68-56-84-111-97(105)76-47-36-28-32-43-72-94(114-100(108)79-55-81-102(11)12)73-44-33-29-37-48-77-98(106)112-85-57-69-90(64-40-22-15-3)67-53-58-87(8)92(19-7)86-91(61-25-18-6)66-50-52-83-110-96(104)75-46-35-27-31-42-71-93(113-99(107)78-54-80-101(9)10)70-41-30-26-34-45-74-95(103)109-82-51-49-65-88(59-23-16-4)60-24-17-5/h49-52,56-57,68-69,87-94H,13-48,53-55,58-67,70-86H2,1-12H3. The first kappa shape index (κ1) is 110. The minimum absolute atomic E-state index is 0.0657. The molecule has 0 fully saturated rings. The van der Waals surface area contributed by atoms with E-state index in [1.807, 2.05) is 34.3 Å². The Morgan fingerprint density at radius 1 is 0.281 bits per heavy atom. The Hall–Kier alpha value is -4.30. The molecule has 0 amide bonds. The second-order valence-electron chi connectivity index (χ2n) is 34.7. The van der Waals surface area contributed by atoms with Crippen molar-refractivity contribution < 1.29 is 57.2 Å². The summed E-state index contributed by atoms with van der Waals surface area (Å²) in [6.07, 6.45) is 78.9. The lowest BCUT2D eigenvalue weighted by Crippen LogP contribution is -2.20.